The first-order chi connectivity index (χ1) is 12.8. The second-order valence-electron chi connectivity index (χ2n) is 6.27. The van der Waals surface area contributed by atoms with Crippen molar-refractivity contribution >= 4 is 5.91 Å². The van der Waals surface area contributed by atoms with E-state index in [1.165, 1.54) is 11.0 Å². The standard InChI is InChI=1S/C19H19F3N2O3/c1-2-24(16-10-27-11-17(16)25)18(26)13-5-3-4-12(8-13)15-7-6-14(9-23-15)19(20,21)22/h3-9,16-17,25H,2,10-11H2,1H3/t16-,17-/m1/s1. The third-order valence-electron chi connectivity index (χ3n) is 4.52. The van der Waals surface area contributed by atoms with Gasteiger partial charge in [0.15, 0.2) is 0 Å². The number of aromatic nitrogens is 1. The monoisotopic (exact) mass is 380 g/mol. The van der Waals surface area contributed by atoms with E-state index in [-0.39, 0.29) is 19.1 Å². The van der Waals surface area contributed by atoms with Gasteiger partial charge < -0.3 is 14.7 Å². The van der Waals surface area contributed by atoms with Crippen molar-refractivity contribution in [3.05, 3.63) is 53.7 Å². The Kier molecular flexibility index (Phi) is 5.48. The Hall–Kier alpha value is -2.45. The lowest BCUT2D eigenvalue weighted by molar-refractivity contribution is -0.137. The highest BCUT2D eigenvalue weighted by Crippen LogP contribution is 2.30. The minimum atomic E-state index is -4.45. The number of carbonyl (C=O) groups is 1. The van der Waals surface area contributed by atoms with Crippen LogP contribution in [-0.4, -0.2) is 52.8 Å². The van der Waals surface area contributed by atoms with Crippen LogP contribution in [0.25, 0.3) is 11.3 Å². The van der Waals surface area contributed by atoms with Gasteiger partial charge in [-0.05, 0) is 31.2 Å². The molecule has 0 spiro atoms. The molecule has 3 rings (SSSR count). The van der Waals surface area contributed by atoms with Gasteiger partial charge in [-0.1, -0.05) is 12.1 Å². The fraction of sp³-hybridized carbons (Fsp3) is 0.368. The lowest BCUT2D eigenvalue weighted by Gasteiger charge is -2.29. The first-order valence-electron chi connectivity index (χ1n) is 8.51. The van der Waals surface area contributed by atoms with Gasteiger partial charge in [-0.15, -0.1) is 0 Å². The van der Waals surface area contributed by atoms with Crippen LogP contribution >= 0.6 is 0 Å². The number of aliphatic hydroxyl groups is 1. The quantitative estimate of drug-likeness (QED) is 0.886. The molecule has 1 aliphatic heterocycles. The van der Waals surface area contributed by atoms with E-state index in [4.69, 9.17) is 4.74 Å². The van der Waals surface area contributed by atoms with Gasteiger partial charge in [0.1, 0.15) is 0 Å². The molecule has 144 valence electrons. The number of halogens is 3. The van der Waals surface area contributed by atoms with Crippen molar-refractivity contribution in [2.24, 2.45) is 0 Å². The Labute approximate surface area is 154 Å². The summed E-state index contributed by atoms with van der Waals surface area (Å²) in [5, 5.41) is 9.99. The molecule has 1 aromatic carbocycles. The molecule has 2 heterocycles. The summed E-state index contributed by atoms with van der Waals surface area (Å²) < 4.78 is 43.3. The van der Waals surface area contributed by atoms with Crippen LogP contribution in [0.4, 0.5) is 13.2 Å². The molecule has 1 aliphatic rings. The molecule has 2 atom stereocenters. The SMILES string of the molecule is CCN(C(=O)c1cccc(-c2ccc(C(F)(F)F)cn2)c1)[C@@H]1COC[C@H]1O. The number of rotatable bonds is 4. The number of likely N-dealkylation sites (N-methyl/N-ethyl adjacent to an activating group) is 1. The van der Waals surface area contributed by atoms with Crippen LogP contribution in [0.2, 0.25) is 0 Å². The largest absolute Gasteiger partial charge is 0.417 e. The number of hydrogen-bond acceptors (Lipinski definition) is 4. The molecule has 0 radical (unpaired) electrons. The molecular weight excluding hydrogens is 361 g/mol. The van der Waals surface area contributed by atoms with Crippen molar-refractivity contribution in [3.63, 3.8) is 0 Å². The van der Waals surface area contributed by atoms with Gasteiger partial charge in [0.25, 0.3) is 5.91 Å². The van der Waals surface area contributed by atoms with Gasteiger partial charge in [-0.3, -0.25) is 9.78 Å². The highest BCUT2D eigenvalue weighted by molar-refractivity contribution is 5.95. The fourth-order valence-corrected chi connectivity index (χ4v) is 3.07. The van der Waals surface area contributed by atoms with E-state index >= 15 is 0 Å². The molecule has 5 nitrogen and oxygen atoms in total. The molecule has 0 unspecified atom stereocenters. The van der Waals surface area contributed by atoms with E-state index in [1.807, 2.05) is 6.92 Å². The molecule has 0 aliphatic carbocycles. The first kappa shape index (κ1) is 19.3. The molecule has 1 aromatic heterocycles. The van der Waals surface area contributed by atoms with Crippen molar-refractivity contribution in [1.82, 2.24) is 9.88 Å². The Balaban J connectivity index is 1.85. The van der Waals surface area contributed by atoms with Crippen molar-refractivity contribution in [3.8, 4) is 11.3 Å². The second kappa shape index (κ2) is 7.66. The molecule has 1 amide bonds. The minimum absolute atomic E-state index is 0.184. The third kappa shape index (κ3) is 4.12. The first-order valence-corrected chi connectivity index (χ1v) is 8.51. The van der Waals surface area contributed by atoms with Crippen molar-refractivity contribution in [2.75, 3.05) is 19.8 Å². The predicted octanol–water partition coefficient (Wildman–Crippen LogP) is 2.99. The molecule has 0 bridgehead atoms. The van der Waals surface area contributed by atoms with E-state index < -0.39 is 23.9 Å². The van der Waals surface area contributed by atoms with E-state index in [1.54, 1.807) is 24.3 Å². The number of alkyl halides is 3. The van der Waals surface area contributed by atoms with Crippen LogP contribution in [0.15, 0.2) is 42.6 Å². The van der Waals surface area contributed by atoms with Crippen LogP contribution < -0.4 is 0 Å². The van der Waals surface area contributed by atoms with Gasteiger partial charge >= 0.3 is 6.18 Å². The van der Waals surface area contributed by atoms with Gasteiger partial charge in [-0.25, -0.2) is 0 Å². The van der Waals surface area contributed by atoms with Crippen molar-refractivity contribution in [1.29, 1.82) is 0 Å². The zero-order valence-corrected chi connectivity index (χ0v) is 14.6. The van der Waals surface area contributed by atoms with Gasteiger partial charge in [-0.2, -0.15) is 13.2 Å². The second-order valence-corrected chi connectivity index (χ2v) is 6.27. The molecule has 27 heavy (non-hydrogen) atoms. The van der Waals surface area contributed by atoms with E-state index in [0.717, 1.165) is 12.3 Å². The van der Waals surface area contributed by atoms with Gasteiger partial charge in [0.05, 0.1) is 36.6 Å². The Morgan fingerprint density at radius 2 is 2.07 bits per heavy atom. The van der Waals surface area contributed by atoms with E-state index in [0.29, 0.717) is 23.4 Å². The number of carbonyl (C=O) groups excluding carboxylic acids is 1. The lowest BCUT2D eigenvalue weighted by atomic mass is 10.0. The average molecular weight is 380 g/mol. The smallest absolute Gasteiger partial charge is 0.388 e. The number of aliphatic hydroxyl groups excluding tert-OH is 1. The van der Waals surface area contributed by atoms with Crippen LogP contribution in [0.3, 0.4) is 0 Å². The average Bonchev–Trinajstić information content (AvgIpc) is 3.07. The summed E-state index contributed by atoms with van der Waals surface area (Å²) in [5.74, 6) is -0.277. The molecule has 1 N–H and O–H groups in total. The summed E-state index contributed by atoms with van der Waals surface area (Å²) in [7, 11) is 0. The van der Waals surface area contributed by atoms with E-state index in [9.17, 15) is 23.1 Å². The predicted molar refractivity (Wildman–Crippen MR) is 92.0 cm³/mol. The van der Waals surface area contributed by atoms with E-state index in [2.05, 4.69) is 4.98 Å². The number of amides is 1. The zero-order valence-electron chi connectivity index (χ0n) is 14.6. The Morgan fingerprint density at radius 3 is 2.63 bits per heavy atom. The number of nitrogens with zero attached hydrogens (tertiary/aromatic N) is 2. The normalized spacial score (nSPS) is 19.9. The van der Waals surface area contributed by atoms with Crippen LogP contribution in [-0.2, 0) is 10.9 Å². The Morgan fingerprint density at radius 1 is 1.30 bits per heavy atom. The summed E-state index contributed by atoms with van der Waals surface area (Å²) in [6.45, 7) is 2.65. The molecular formula is C19H19F3N2O3. The fourth-order valence-electron chi connectivity index (χ4n) is 3.07. The summed E-state index contributed by atoms with van der Waals surface area (Å²) in [5.41, 5.74) is 0.416. The van der Waals surface area contributed by atoms with Crippen LogP contribution in [0.1, 0.15) is 22.8 Å². The number of benzene rings is 1. The molecule has 2 aromatic rings. The number of pyridine rings is 1. The highest BCUT2D eigenvalue weighted by Gasteiger charge is 2.34. The minimum Gasteiger partial charge on any atom is -0.388 e. The maximum absolute atomic E-state index is 12.9. The molecule has 8 heteroatoms. The number of ether oxygens (including phenoxy) is 1. The van der Waals surface area contributed by atoms with Gasteiger partial charge in [0.2, 0.25) is 0 Å². The summed E-state index contributed by atoms with van der Waals surface area (Å²) >= 11 is 0. The van der Waals surface area contributed by atoms with Crippen molar-refractivity contribution < 1.29 is 27.8 Å². The highest BCUT2D eigenvalue weighted by atomic mass is 19.4. The van der Waals surface area contributed by atoms with Crippen LogP contribution in [0.5, 0.6) is 0 Å². The lowest BCUT2D eigenvalue weighted by Crippen LogP contribution is -2.46. The molecule has 1 fully saturated rings. The summed E-state index contributed by atoms with van der Waals surface area (Å²) in [4.78, 5) is 18.3. The molecule has 1 saturated heterocycles. The Bertz CT molecular complexity index is 809. The molecule has 0 saturated carbocycles. The summed E-state index contributed by atoms with van der Waals surface area (Å²) in [6, 6.07) is 8.35. The van der Waals surface area contributed by atoms with Gasteiger partial charge in [0, 0.05) is 23.9 Å². The number of hydrogen-bond donors (Lipinski definition) is 1. The van der Waals surface area contributed by atoms with Crippen LogP contribution in [0, 0.1) is 0 Å². The topological polar surface area (TPSA) is 62.7 Å². The zero-order chi connectivity index (χ0) is 19.6. The van der Waals surface area contributed by atoms with Crippen molar-refractivity contribution in [2.45, 2.75) is 25.2 Å². The summed E-state index contributed by atoms with van der Waals surface area (Å²) in [6.07, 6.45) is -4.42. The maximum Gasteiger partial charge on any atom is 0.417 e. The third-order valence-corrected chi connectivity index (χ3v) is 4.52. The maximum atomic E-state index is 12.9.